The third kappa shape index (κ3) is 27.7. The van der Waals surface area contributed by atoms with Crippen LogP contribution in [0.2, 0.25) is 20.6 Å². The Labute approximate surface area is 801 Å². The molecule has 36 heteroatoms. The smallest absolute Gasteiger partial charge is 0.421 e. The summed E-state index contributed by atoms with van der Waals surface area (Å²) in [6, 6.07) is 66.5. The van der Waals surface area contributed by atoms with E-state index in [4.69, 9.17) is 70.1 Å². The van der Waals surface area contributed by atoms with Gasteiger partial charge >= 0.3 is 18.3 Å². The highest BCUT2D eigenvalue weighted by molar-refractivity contribution is 9.08. The molecule has 17 rings (SSSR count). The van der Waals surface area contributed by atoms with Gasteiger partial charge in [0, 0.05) is 47.8 Å². The summed E-state index contributed by atoms with van der Waals surface area (Å²) in [5.41, 5.74) is 6.71. The van der Waals surface area contributed by atoms with Gasteiger partial charge in [-0.3, -0.25) is 4.79 Å². The van der Waals surface area contributed by atoms with Crippen molar-refractivity contribution in [3.8, 4) is 68.4 Å². The molecule has 0 bridgehead atoms. The van der Waals surface area contributed by atoms with E-state index < -0.39 is 35.1 Å². The number of halogens is 5. The number of carbonyl (C=O) groups is 4. The zero-order valence-electron chi connectivity index (χ0n) is 70.9. The molecule has 696 valence electrons. The van der Waals surface area contributed by atoms with Gasteiger partial charge in [-0.15, -0.1) is 0 Å². The summed E-state index contributed by atoms with van der Waals surface area (Å²) in [6.07, 6.45) is -1.72. The van der Waals surface area contributed by atoms with Gasteiger partial charge in [0.25, 0.3) is 0 Å². The van der Waals surface area contributed by atoms with Crippen LogP contribution >= 0.6 is 62.3 Å². The van der Waals surface area contributed by atoms with Gasteiger partial charge in [-0.2, -0.15) is 0 Å². The third-order valence-electron chi connectivity index (χ3n) is 17.6. The number of nitrogens with zero attached hydrogens (tertiary/aromatic N) is 18. The number of nitrogens with one attached hydrogen (secondary N) is 4. The summed E-state index contributed by atoms with van der Waals surface area (Å²) in [5.74, 6) is 7.01. The number of ether oxygens (including phenoxy) is 5. The summed E-state index contributed by atoms with van der Waals surface area (Å²) in [5, 5.41) is 7.30. The summed E-state index contributed by atoms with van der Waals surface area (Å²) >= 11 is 28.4. The maximum Gasteiger partial charge on any atom is 0.421 e. The number of anilines is 1. The van der Waals surface area contributed by atoms with E-state index in [2.05, 4.69) is 111 Å². The molecule has 0 spiro atoms. The van der Waals surface area contributed by atoms with Crippen LogP contribution in [0.5, 0.6) is 11.5 Å². The van der Waals surface area contributed by atoms with Crippen LogP contribution in [0.1, 0.15) is 143 Å². The molecule has 7 aromatic carbocycles. The minimum absolute atomic E-state index is 0. The Balaban J connectivity index is 0.000000227. The quantitative estimate of drug-likeness (QED) is 0.0302. The standard InChI is InChI=1S/C23H21ClN4O3.C22H22N6O2.C17H16BrClN4O2.C17H17ClN4O2.C12H9ClN4.6CH4/c1-23(2,3)31-22(29)28-17(14-30-16-12-8-5-9-13-16)25-18-19(24)26-20(27-21(18)28)15-10-6-4-7-11-15;1-15(29)23-12-13-24-21-19-22(28-20(27-21)16-8-4-2-5-9-16)26-18(25-19)14-30-17-10-6-3-7-11-17;1-17(2,3)25-16(24)23-11(9-18)20-12-13(19)21-14(22-15(12)23)10-7-5-4-6-8-10;1-10-19-12-13(18)20-14(11-8-6-5-7-9-11)21-15(12)22(10)16(23)24-17(2,3)4;1-7-14-9-10(13)16-11(17-12(9)15-7)8-5-3-2-4-6-8;;;;;;/h4-13H,14H2,1-3H3;2-11H,12-14H2,1H3,(H,23,29)(H2,24,25,26,27,28);4-8H,9H2,1-3H3;5-9H,1-4H3;2-6H,1H3,(H,14,15,16,17);6*1H4. The summed E-state index contributed by atoms with van der Waals surface area (Å²) in [7, 11) is 0. The highest BCUT2D eigenvalue weighted by Gasteiger charge is 2.30. The number of aromatic amines is 2. The van der Waals surface area contributed by atoms with E-state index in [1.807, 2.05) is 219 Å². The minimum Gasteiger partial charge on any atom is -0.486 e. The second-order valence-corrected chi connectivity index (χ2v) is 32.9. The van der Waals surface area contributed by atoms with Crippen molar-refractivity contribution < 1.29 is 42.9 Å². The molecule has 0 unspecified atom stereocenters. The molecule has 0 saturated heterocycles. The van der Waals surface area contributed by atoms with Crippen molar-refractivity contribution in [1.82, 2.24) is 104 Å². The van der Waals surface area contributed by atoms with Crippen LogP contribution in [-0.2, 0) is 37.5 Å². The first kappa shape index (κ1) is 106. The van der Waals surface area contributed by atoms with Crippen molar-refractivity contribution in [2.45, 2.75) is 163 Å². The SMILES string of the molecule is C.C.C.C.C.C.CC(=O)NCCNc1nc(-c2ccccc2)nc2nc(COc3ccccc3)[nH]c12.CC(C)(C)OC(=O)n1c(CBr)nc2c(Cl)nc(-c3ccccc3)nc21.CC(C)(C)OC(=O)n1c(COc2ccccc2)nc2c(Cl)nc(-c3ccccc3)nc21.Cc1nc2c(Cl)nc(-c3ccccc3)nc2n1C(=O)OC(C)(C)C.Cc1nc2nc(-c3ccccc3)nc(Cl)c2[nH]1. The lowest BCUT2D eigenvalue weighted by Crippen LogP contribution is -2.28. The van der Waals surface area contributed by atoms with Gasteiger partial charge < -0.3 is 44.3 Å². The average molecular weight is 1950 g/mol. The van der Waals surface area contributed by atoms with E-state index in [0.29, 0.717) is 138 Å². The third-order valence-corrected chi connectivity index (χ3v) is 19.1. The summed E-state index contributed by atoms with van der Waals surface area (Å²) < 4.78 is 32.1. The largest absolute Gasteiger partial charge is 0.486 e. The first-order chi connectivity index (χ1) is 60.8. The van der Waals surface area contributed by atoms with Gasteiger partial charge in [0.05, 0.1) is 5.33 Å². The monoisotopic (exact) mass is 1940 g/mol. The number of benzene rings is 7. The lowest BCUT2D eigenvalue weighted by Gasteiger charge is -2.20. The molecular formula is C97H109BrCl4N22O9. The number of alkyl halides is 1. The van der Waals surface area contributed by atoms with Crippen LogP contribution in [0, 0.1) is 13.8 Å². The lowest BCUT2D eigenvalue weighted by atomic mass is 10.2. The molecule has 4 N–H and O–H groups in total. The second-order valence-electron chi connectivity index (χ2n) is 30.9. The number of rotatable bonds is 16. The van der Waals surface area contributed by atoms with Gasteiger partial charge in [-0.25, -0.2) is 103 Å². The van der Waals surface area contributed by atoms with Crippen LogP contribution in [0.15, 0.2) is 212 Å². The van der Waals surface area contributed by atoms with E-state index in [9.17, 15) is 19.2 Å². The van der Waals surface area contributed by atoms with Crippen LogP contribution in [0.25, 0.3) is 113 Å². The Morgan fingerprint density at radius 1 is 0.368 bits per heavy atom. The van der Waals surface area contributed by atoms with Gasteiger partial charge in [0.1, 0.15) is 92.4 Å². The fourth-order valence-electron chi connectivity index (χ4n) is 12.1. The van der Waals surface area contributed by atoms with Crippen LogP contribution in [0.3, 0.4) is 0 Å². The normalized spacial score (nSPS) is 10.8. The molecule has 133 heavy (non-hydrogen) atoms. The Bertz CT molecular complexity index is 6740. The fraction of sp³-hybridized carbons (Fsp3) is 0.268. The zero-order chi connectivity index (χ0) is 90.3. The number of aromatic nitrogens is 20. The maximum absolute atomic E-state index is 13.1. The number of amides is 1. The molecule has 1 amide bonds. The number of hydrogen-bond acceptors (Lipinski definition) is 25. The summed E-state index contributed by atoms with van der Waals surface area (Å²) in [6.45, 7) is 22.6. The summed E-state index contributed by atoms with van der Waals surface area (Å²) in [4.78, 5) is 122. The first-order valence-electron chi connectivity index (χ1n) is 39.7. The average Bonchev–Trinajstić information content (AvgIpc) is 1.62. The van der Waals surface area contributed by atoms with Crippen molar-refractivity contribution in [1.29, 1.82) is 0 Å². The molecule has 0 aliphatic heterocycles. The molecule has 0 atom stereocenters. The number of aryl methyl sites for hydroxylation is 2. The molecular weight excluding hydrogens is 1840 g/mol. The highest BCUT2D eigenvalue weighted by Crippen LogP contribution is 2.33. The highest BCUT2D eigenvalue weighted by atomic mass is 79.9. The molecule has 0 aliphatic rings. The van der Waals surface area contributed by atoms with Crippen molar-refractivity contribution in [2.24, 2.45) is 0 Å². The van der Waals surface area contributed by atoms with Gasteiger partial charge in [-0.1, -0.05) is 295 Å². The Hall–Kier alpha value is -13.8. The molecule has 0 radical (unpaired) electrons. The van der Waals surface area contributed by atoms with Crippen LogP contribution in [-0.4, -0.2) is 153 Å². The van der Waals surface area contributed by atoms with Crippen LogP contribution < -0.4 is 20.1 Å². The number of fused-ring (bicyclic) bond motifs is 5. The van der Waals surface area contributed by atoms with E-state index in [1.54, 1.807) is 69.2 Å². The topological polar surface area (TPSA) is 378 Å². The van der Waals surface area contributed by atoms with E-state index >= 15 is 0 Å². The molecule has 10 heterocycles. The minimum atomic E-state index is -0.704. The molecule has 31 nitrogen and oxygen atoms in total. The molecule has 10 aromatic heterocycles. The van der Waals surface area contributed by atoms with Gasteiger partial charge in [0.2, 0.25) is 5.91 Å². The van der Waals surface area contributed by atoms with Crippen LogP contribution in [0.4, 0.5) is 20.2 Å². The number of imidazole rings is 5. The predicted octanol–water partition coefficient (Wildman–Crippen LogP) is 24.5. The van der Waals surface area contributed by atoms with Crippen molar-refractivity contribution >= 4 is 148 Å². The molecule has 17 aromatic rings. The number of para-hydroxylation sites is 2. The van der Waals surface area contributed by atoms with Crippen molar-refractivity contribution in [3.63, 3.8) is 0 Å². The zero-order valence-corrected chi connectivity index (χ0v) is 75.5. The maximum atomic E-state index is 13.1. The predicted molar refractivity (Wildman–Crippen MR) is 533 cm³/mol. The number of hydrogen-bond donors (Lipinski definition) is 4. The fourth-order valence-corrected chi connectivity index (χ4v) is 13.3. The van der Waals surface area contributed by atoms with Gasteiger partial charge in [-0.05, 0) is 100 Å². The number of H-pyrrole nitrogens is 2. The molecule has 0 saturated carbocycles. The van der Waals surface area contributed by atoms with Crippen molar-refractivity contribution in [2.75, 3.05) is 18.4 Å². The first-order valence-corrected chi connectivity index (χ1v) is 42.3. The molecule has 0 aliphatic carbocycles. The van der Waals surface area contributed by atoms with Gasteiger partial charge in [0.15, 0.2) is 89.6 Å². The Kier molecular flexibility index (Phi) is 37.8. The lowest BCUT2D eigenvalue weighted by molar-refractivity contribution is -0.118. The molecule has 0 fully saturated rings. The Morgan fingerprint density at radius 3 is 1.09 bits per heavy atom. The van der Waals surface area contributed by atoms with Crippen molar-refractivity contribution in [3.05, 3.63) is 262 Å². The van der Waals surface area contributed by atoms with E-state index in [-0.39, 0.29) is 84.8 Å². The Morgan fingerprint density at radius 2 is 0.699 bits per heavy atom. The number of carbonyl (C=O) groups excluding carboxylic acids is 4. The second kappa shape index (κ2) is 47.3. The van der Waals surface area contributed by atoms with E-state index in [1.165, 1.54) is 20.6 Å². The van der Waals surface area contributed by atoms with E-state index in [0.717, 1.165) is 39.4 Å².